The summed E-state index contributed by atoms with van der Waals surface area (Å²) in [6.07, 6.45) is 4.47. The highest BCUT2D eigenvalue weighted by Crippen LogP contribution is 2.16. The lowest BCUT2D eigenvalue weighted by Gasteiger charge is -2.13. The summed E-state index contributed by atoms with van der Waals surface area (Å²) in [5.41, 5.74) is 1.33. The second-order valence-corrected chi connectivity index (χ2v) is 6.78. The van der Waals surface area contributed by atoms with Crippen LogP contribution in [0.2, 0.25) is 0 Å². The molecule has 0 spiro atoms. The number of rotatable bonds is 9. The summed E-state index contributed by atoms with van der Waals surface area (Å²) in [7, 11) is 1.71. The lowest BCUT2D eigenvalue weighted by molar-refractivity contribution is 0.128. The molecule has 7 heteroatoms. The van der Waals surface area contributed by atoms with Crippen molar-refractivity contribution in [3.05, 3.63) is 47.8 Å². The van der Waals surface area contributed by atoms with E-state index >= 15 is 0 Å². The SMILES string of the molecule is CN=C(NCCOCCC(C)C)NCc1ccc(-n2ccnc2C)c(F)c1. The first kappa shape index (κ1) is 20.9. The monoisotopic (exact) mass is 375 g/mol. The van der Waals surface area contributed by atoms with Gasteiger partial charge in [-0.3, -0.25) is 4.99 Å². The van der Waals surface area contributed by atoms with E-state index in [4.69, 9.17) is 4.74 Å². The van der Waals surface area contributed by atoms with Crippen LogP contribution in [0.3, 0.4) is 0 Å². The van der Waals surface area contributed by atoms with Gasteiger partial charge in [0.15, 0.2) is 5.96 Å². The summed E-state index contributed by atoms with van der Waals surface area (Å²) in [5, 5.41) is 6.38. The molecule has 0 bridgehead atoms. The minimum atomic E-state index is -0.281. The Kier molecular flexibility index (Phi) is 8.26. The van der Waals surface area contributed by atoms with Crippen molar-refractivity contribution in [2.45, 2.75) is 33.7 Å². The van der Waals surface area contributed by atoms with Crippen molar-refractivity contribution in [1.82, 2.24) is 20.2 Å². The molecule has 0 atom stereocenters. The Labute approximate surface area is 160 Å². The van der Waals surface area contributed by atoms with Crippen LogP contribution in [-0.4, -0.2) is 42.3 Å². The standard InChI is InChI=1S/C20H30FN5O/c1-15(2)7-11-27-12-9-24-20(22-4)25-14-17-5-6-19(18(21)13-17)26-10-8-23-16(26)3/h5-6,8,10,13,15H,7,9,11-12,14H2,1-4H3,(H2,22,24,25). The average molecular weight is 375 g/mol. The average Bonchev–Trinajstić information content (AvgIpc) is 3.06. The summed E-state index contributed by atoms with van der Waals surface area (Å²) in [5.74, 6) is 1.78. The third-order valence-electron chi connectivity index (χ3n) is 4.16. The van der Waals surface area contributed by atoms with Crippen LogP contribution < -0.4 is 10.6 Å². The highest BCUT2D eigenvalue weighted by atomic mass is 19.1. The van der Waals surface area contributed by atoms with Gasteiger partial charge in [0, 0.05) is 39.1 Å². The van der Waals surface area contributed by atoms with E-state index in [0.29, 0.717) is 37.3 Å². The number of aromatic nitrogens is 2. The number of ether oxygens (including phenoxy) is 1. The van der Waals surface area contributed by atoms with Crippen LogP contribution in [0, 0.1) is 18.7 Å². The van der Waals surface area contributed by atoms with E-state index in [1.807, 2.05) is 13.0 Å². The van der Waals surface area contributed by atoms with Gasteiger partial charge in [0.1, 0.15) is 11.6 Å². The van der Waals surface area contributed by atoms with Crippen LogP contribution in [0.5, 0.6) is 0 Å². The Morgan fingerprint density at radius 2 is 2.11 bits per heavy atom. The number of hydrogen-bond donors (Lipinski definition) is 2. The minimum absolute atomic E-state index is 0.281. The van der Waals surface area contributed by atoms with E-state index in [0.717, 1.165) is 24.4 Å². The Morgan fingerprint density at radius 3 is 2.74 bits per heavy atom. The molecule has 0 fully saturated rings. The van der Waals surface area contributed by atoms with Crippen molar-refractivity contribution in [2.75, 3.05) is 26.8 Å². The topological polar surface area (TPSA) is 63.5 Å². The summed E-state index contributed by atoms with van der Waals surface area (Å²) in [4.78, 5) is 8.31. The number of hydrogen-bond acceptors (Lipinski definition) is 3. The molecule has 2 rings (SSSR count). The molecule has 6 nitrogen and oxygen atoms in total. The van der Waals surface area contributed by atoms with Crippen molar-refractivity contribution in [3.63, 3.8) is 0 Å². The molecule has 1 heterocycles. The van der Waals surface area contributed by atoms with Gasteiger partial charge in [-0.1, -0.05) is 19.9 Å². The third-order valence-corrected chi connectivity index (χ3v) is 4.16. The molecule has 2 aromatic rings. The smallest absolute Gasteiger partial charge is 0.191 e. The van der Waals surface area contributed by atoms with Gasteiger partial charge in [0.05, 0.1) is 12.3 Å². The van der Waals surface area contributed by atoms with Gasteiger partial charge in [0.25, 0.3) is 0 Å². The van der Waals surface area contributed by atoms with Gasteiger partial charge >= 0.3 is 0 Å². The number of aliphatic imine (C=N–C) groups is 1. The highest BCUT2D eigenvalue weighted by Gasteiger charge is 2.08. The van der Waals surface area contributed by atoms with Crippen LogP contribution in [0.4, 0.5) is 4.39 Å². The van der Waals surface area contributed by atoms with Gasteiger partial charge in [-0.15, -0.1) is 0 Å². The molecule has 0 aliphatic rings. The van der Waals surface area contributed by atoms with E-state index in [1.54, 1.807) is 30.1 Å². The molecule has 1 aromatic heterocycles. The molecular weight excluding hydrogens is 345 g/mol. The Hall–Kier alpha value is -2.41. The first-order chi connectivity index (χ1) is 13.0. The normalized spacial score (nSPS) is 11.9. The molecule has 0 aliphatic heterocycles. The van der Waals surface area contributed by atoms with Gasteiger partial charge in [-0.05, 0) is 37.0 Å². The number of imidazole rings is 1. The fourth-order valence-electron chi connectivity index (χ4n) is 2.56. The summed E-state index contributed by atoms with van der Waals surface area (Å²) in [6.45, 7) is 8.75. The number of nitrogens with zero attached hydrogens (tertiary/aromatic N) is 3. The van der Waals surface area contributed by atoms with Crippen molar-refractivity contribution in [3.8, 4) is 5.69 Å². The molecule has 27 heavy (non-hydrogen) atoms. The summed E-state index contributed by atoms with van der Waals surface area (Å²) in [6, 6.07) is 5.19. The molecule has 0 unspecified atom stereocenters. The first-order valence-corrected chi connectivity index (χ1v) is 9.32. The van der Waals surface area contributed by atoms with Crippen molar-refractivity contribution >= 4 is 5.96 Å². The first-order valence-electron chi connectivity index (χ1n) is 9.32. The fourth-order valence-corrected chi connectivity index (χ4v) is 2.56. The number of guanidine groups is 1. The second-order valence-electron chi connectivity index (χ2n) is 6.78. The van der Waals surface area contributed by atoms with E-state index in [1.165, 1.54) is 6.07 Å². The molecule has 148 valence electrons. The van der Waals surface area contributed by atoms with Gasteiger partial charge in [-0.25, -0.2) is 9.37 Å². The van der Waals surface area contributed by atoms with Gasteiger partial charge < -0.3 is 19.9 Å². The van der Waals surface area contributed by atoms with Gasteiger partial charge in [0.2, 0.25) is 0 Å². The van der Waals surface area contributed by atoms with Crippen LogP contribution in [-0.2, 0) is 11.3 Å². The fraction of sp³-hybridized carbons (Fsp3) is 0.500. The summed E-state index contributed by atoms with van der Waals surface area (Å²) < 4.78 is 21.7. The molecule has 0 saturated heterocycles. The Morgan fingerprint density at radius 1 is 1.30 bits per heavy atom. The molecule has 0 radical (unpaired) electrons. The minimum Gasteiger partial charge on any atom is -0.380 e. The second kappa shape index (κ2) is 10.7. The number of benzene rings is 1. The Bertz CT molecular complexity index is 742. The molecule has 0 saturated carbocycles. The molecule has 2 N–H and O–H groups in total. The van der Waals surface area contributed by atoms with Gasteiger partial charge in [-0.2, -0.15) is 0 Å². The zero-order valence-electron chi connectivity index (χ0n) is 16.6. The predicted molar refractivity (Wildman–Crippen MR) is 107 cm³/mol. The quantitative estimate of drug-likeness (QED) is 0.402. The van der Waals surface area contributed by atoms with Crippen LogP contribution in [0.25, 0.3) is 5.69 Å². The van der Waals surface area contributed by atoms with Crippen molar-refractivity contribution in [1.29, 1.82) is 0 Å². The summed E-state index contributed by atoms with van der Waals surface area (Å²) >= 11 is 0. The number of nitrogens with one attached hydrogen (secondary N) is 2. The predicted octanol–water partition coefficient (Wildman–Crippen LogP) is 3.05. The van der Waals surface area contributed by atoms with Crippen LogP contribution >= 0.6 is 0 Å². The third kappa shape index (κ3) is 6.67. The Balaban J connectivity index is 1.79. The molecule has 0 aliphatic carbocycles. The lowest BCUT2D eigenvalue weighted by Crippen LogP contribution is -2.38. The lowest BCUT2D eigenvalue weighted by atomic mass is 10.1. The zero-order valence-corrected chi connectivity index (χ0v) is 16.6. The van der Waals surface area contributed by atoms with Crippen LogP contribution in [0.1, 0.15) is 31.7 Å². The highest BCUT2D eigenvalue weighted by molar-refractivity contribution is 5.79. The largest absolute Gasteiger partial charge is 0.380 e. The zero-order chi connectivity index (χ0) is 19.6. The maximum atomic E-state index is 14.4. The van der Waals surface area contributed by atoms with E-state index < -0.39 is 0 Å². The van der Waals surface area contributed by atoms with E-state index in [-0.39, 0.29) is 5.82 Å². The van der Waals surface area contributed by atoms with Crippen molar-refractivity contribution in [2.24, 2.45) is 10.9 Å². The number of aryl methyl sites for hydroxylation is 1. The molecule has 1 aromatic carbocycles. The van der Waals surface area contributed by atoms with Crippen LogP contribution in [0.15, 0.2) is 35.6 Å². The maximum absolute atomic E-state index is 14.4. The number of halogens is 1. The molecular formula is C20H30FN5O. The van der Waals surface area contributed by atoms with Crippen molar-refractivity contribution < 1.29 is 9.13 Å². The van der Waals surface area contributed by atoms with E-state index in [2.05, 4.69) is 34.5 Å². The maximum Gasteiger partial charge on any atom is 0.191 e. The molecule has 0 amide bonds. The van der Waals surface area contributed by atoms with E-state index in [9.17, 15) is 4.39 Å².